The molecule has 0 saturated carbocycles. The quantitative estimate of drug-likeness (QED) is 0.868. The lowest BCUT2D eigenvalue weighted by atomic mass is 10.1. The first-order valence-corrected chi connectivity index (χ1v) is 5.73. The molecule has 18 heavy (non-hydrogen) atoms. The van der Waals surface area contributed by atoms with Gasteiger partial charge in [-0.3, -0.25) is 0 Å². The summed E-state index contributed by atoms with van der Waals surface area (Å²) < 4.78 is 12.8. The number of aromatic nitrogens is 2. The van der Waals surface area contributed by atoms with Gasteiger partial charge in [-0.1, -0.05) is 12.1 Å². The lowest BCUT2D eigenvalue weighted by Crippen LogP contribution is -2.19. The van der Waals surface area contributed by atoms with Crippen LogP contribution in [0.3, 0.4) is 0 Å². The van der Waals surface area contributed by atoms with Crippen molar-refractivity contribution in [2.24, 2.45) is 0 Å². The van der Waals surface area contributed by atoms with E-state index < -0.39 is 0 Å². The Kier molecular flexibility index (Phi) is 3.72. The molecule has 2 rings (SSSR count). The predicted molar refractivity (Wildman–Crippen MR) is 69.6 cm³/mol. The Labute approximate surface area is 105 Å². The van der Waals surface area contributed by atoms with Crippen molar-refractivity contribution in [3.8, 4) is 0 Å². The summed E-state index contributed by atoms with van der Waals surface area (Å²) in [7, 11) is 0. The highest BCUT2D eigenvalue weighted by molar-refractivity contribution is 5.39. The molecule has 0 fully saturated rings. The molecular weight excluding hydrogens is 231 g/mol. The van der Waals surface area contributed by atoms with Gasteiger partial charge in [-0.15, -0.1) is 10.2 Å². The minimum atomic E-state index is -0.219. The van der Waals surface area contributed by atoms with Crippen LogP contribution in [-0.4, -0.2) is 16.2 Å². The van der Waals surface area contributed by atoms with Crippen LogP contribution in [0.15, 0.2) is 36.4 Å². The number of nitrogens with zero attached hydrogens (tertiary/aromatic N) is 2. The van der Waals surface area contributed by atoms with Crippen molar-refractivity contribution in [2.45, 2.75) is 19.4 Å². The van der Waals surface area contributed by atoms with Crippen LogP contribution < -0.4 is 11.1 Å². The van der Waals surface area contributed by atoms with Crippen molar-refractivity contribution < 1.29 is 4.39 Å². The van der Waals surface area contributed by atoms with E-state index in [1.165, 1.54) is 12.1 Å². The van der Waals surface area contributed by atoms with E-state index in [9.17, 15) is 4.39 Å². The zero-order valence-electron chi connectivity index (χ0n) is 10.1. The number of benzene rings is 1. The Hall–Kier alpha value is -2.17. The smallest absolute Gasteiger partial charge is 0.149 e. The molecule has 1 atom stereocenters. The summed E-state index contributed by atoms with van der Waals surface area (Å²) in [5, 5.41) is 10.9. The minimum Gasteiger partial charge on any atom is -0.382 e. The van der Waals surface area contributed by atoms with Crippen molar-refractivity contribution in [3.05, 3.63) is 47.8 Å². The van der Waals surface area contributed by atoms with Gasteiger partial charge in [-0.05, 0) is 43.2 Å². The lowest BCUT2D eigenvalue weighted by Gasteiger charge is -2.14. The van der Waals surface area contributed by atoms with Crippen LogP contribution in [0, 0.1) is 5.82 Å². The van der Waals surface area contributed by atoms with Gasteiger partial charge in [-0.25, -0.2) is 4.39 Å². The van der Waals surface area contributed by atoms with Crippen molar-refractivity contribution in [3.63, 3.8) is 0 Å². The molecule has 0 amide bonds. The first-order chi connectivity index (χ1) is 8.63. The van der Waals surface area contributed by atoms with Gasteiger partial charge in [0.05, 0.1) is 0 Å². The number of halogens is 1. The lowest BCUT2D eigenvalue weighted by molar-refractivity contribution is 0.626. The molecule has 1 aromatic carbocycles. The SMILES string of the molecule is CC(Cc1ccc(F)cc1)Nc1ccc(N)nn1. The van der Waals surface area contributed by atoms with E-state index in [0.29, 0.717) is 11.6 Å². The van der Waals surface area contributed by atoms with E-state index in [-0.39, 0.29) is 11.9 Å². The second-order valence-corrected chi connectivity index (χ2v) is 4.22. The molecule has 1 unspecified atom stereocenters. The summed E-state index contributed by atoms with van der Waals surface area (Å²) >= 11 is 0. The zero-order valence-corrected chi connectivity index (χ0v) is 10.1. The standard InChI is InChI=1S/C13H15FN4/c1-9(8-10-2-4-11(14)5-3-10)16-13-7-6-12(15)17-18-13/h2-7,9H,8H2,1H3,(H2,15,17)(H,16,18). The van der Waals surface area contributed by atoms with Crippen molar-refractivity contribution in [1.82, 2.24) is 10.2 Å². The van der Waals surface area contributed by atoms with Gasteiger partial charge in [0.25, 0.3) is 0 Å². The molecule has 0 aliphatic rings. The molecule has 4 nitrogen and oxygen atoms in total. The van der Waals surface area contributed by atoms with Crippen molar-refractivity contribution in [1.29, 1.82) is 0 Å². The van der Waals surface area contributed by atoms with Crippen LogP contribution in [0.4, 0.5) is 16.0 Å². The Morgan fingerprint density at radius 1 is 1.17 bits per heavy atom. The largest absolute Gasteiger partial charge is 0.382 e. The summed E-state index contributed by atoms with van der Waals surface area (Å²) in [5.41, 5.74) is 6.53. The summed E-state index contributed by atoms with van der Waals surface area (Å²) in [6.45, 7) is 2.03. The van der Waals surface area contributed by atoms with Gasteiger partial charge in [0.1, 0.15) is 17.5 Å². The van der Waals surface area contributed by atoms with E-state index in [2.05, 4.69) is 15.5 Å². The zero-order chi connectivity index (χ0) is 13.0. The third-order valence-corrected chi connectivity index (χ3v) is 2.53. The highest BCUT2D eigenvalue weighted by Gasteiger charge is 2.05. The number of hydrogen-bond donors (Lipinski definition) is 2. The molecule has 1 aromatic heterocycles. The van der Waals surface area contributed by atoms with Crippen LogP contribution in [0.5, 0.6) is 0 Å². The van der Waals surface area contributed by atoms with Crippen LogP contribution in [0.2, 0.25) is 0 Å². The fourth-order valence-electron chi connectivity index (χ4n) is 1.70. The third-order valence-electron chi connectivity index (χ3n) is 2.53. The number of nitrogen functional groups attached to an aromatic ring is 1. The predicted octanol–water partition coefficient (Wildman–Crippen LogP) is 2.24. The summed E-state index contributed by atoms with van der Waals surface area (Å²) in [5.74, 6) is 0.856. The van der Waals surface area contributed by atoms with Gasteiger partial charge < -0.3 is 11.1 Å². The van der Waals surface area contributed by atoms with Gasteiger partial charge in [0.15, 0.2) is 0 Å². The molecule has 3 N–H and O–H groups in total. The fraction of sp³-hybridized carbons (Fsp3) is 0.231. The van der Waals surface area contributed by atoms with Crippen LogP contribution in [-0.2, 0) is 6.42 Å². The molecular formula is C13H15FN4. The second kappa shape index (κ2) is 5.44. The number of rotatable bonds is 4. The van der Waals surface area contributed by atoms with Crippen molar-refractivity contribution >= 4 is 11.6 Å². The third kappa shape index (κ3) is 3.41. The molecule has 0 bridgehead atoms. The van der Waals surface area contributed by atoms with Gasteiger partial charge in [0, 0.05) is 6.04 Å². The van der Waals surface area contributed by atoms with Crippen molar-refractivity contribution in [2.75, 3.05) is 11.1 Å². The average Bonchev–Trinajstić information content (AvgIpc) is 2.35. The fourth-order valence-corrected chi connectivity index (χ4v) is 1.70. The van der Waals surface area contributed by atoms with Crippen LogP contribution >= 0.6 is 0 Å². The van der Waals surface area contributed by atoms with Gasteiger partial charge >= 0.3 is 0 Å². The maximum Gasteiger partial charge on any atom is 0.149 e. The highest BCUT2D eigenvalue weighted by atomic mass is 19.1. The second-order valence-electron chi connectivity index (χ2n) is 4.22. The topological polar surface area (TPSA) is 63.8 Å². The number of hydrogen-bond acceptors (Lipinski definition) is 4. The monoisotopic (exact) mass is 246 g/mol. The molecule has 94 valence electrons. The Morgan fingerprint density at radius 2 is 1.89 bits per heavy atom. The van der Waals surface area contributed by atoms with Gasteiger partial charge in [0.2, 0.25) is 0 Å². The minimum absolute atomic E-state index is 0.174. The highest BCUT2D eigenvalue weighted by Crippen LogP contribution is 2.10. The number of anilines is 2. The summed E-state index contributed by atoms with van der Waals surface area (Å²) in [4.78, 5) is 0. The van der Waals surface area contributed by atoms with Crippen LogP contribution in [0.25, 0.3) is 0 Å². The molecule has 2 aromatic rings. The Balaban J connectivity index is 1.94. The molecule has 0 radical (unpaired) electrons. The van der Waals surface area contributed by atoms with E-state index in [0.717, 1.165) is 12.0 Å². The van der Waals surface area contributed by atoms with E-state index >= 15 is 0 Å². The molecule has 0 spiro atoms. The molecule has 0 aliphatic carbocycles. The number of nitrogens with one attached hydrogen (secondary N) is 1. The first kappa shape index (κ1) is 12.3. The maximum atomic E-state index is 12.8. The number of nitrogens with two attached hydrogens (primary N) is 1. The van der Waals surface area contributed by atoms with Crippen LogP contribution in [0.1, 0.15) is 12.5 Å². The van der Waals surface area contributed by atoms with E-state index in [1.807, 2.05) is 6.92 Å². The van der Waals surface area contributed by atoms with Gasteiger partial charge in [-0.2, -0.15) is 0 Å². The van der Waals surface area contributed by atoms with E-state index in [4.69, 9.17) is 5.73 Å². The first-order valence-electron chi connectivity index (χ1n) is 5.73. The summed E-state index contributed by atoms with van der Waals surface area (Å²) in [6.07, 6.45) is 0.784. The molecule has 5 heteroatoms. The molecule has 1 heterocycles. The molecule has 0 saturated heterocycles. The Bertz CT molecular complexity index is 448. The normalized spacial score (nSPS) is 12.1. The Morgan fingerprint density at radius 3 is 2.50 bits per heavy atom. The average molecular weight is 246 g/mol. The van der Waals surface area contributed by atoms with E-state index in [1.54, 1.807) is 24.3 Å². The molecule has 0 aliphatic heterocycles. The maximum absolute atomic E-state index is 12.8. The summed E-state index contributed by atoms with van der Waals surface area (Å²) in [6, 6.07) is 10.1.